The minimum Gasteiger partial charge on any atom is -0.481 e. The van der Waals surface area contributed by atoms with Crippen LogP contribution in [0.5, 0.6) is 5.75 Å². The lowest BCUT2D eigenvalue weighted by Gasteiger charge is -2.30. The van der Waals surface area contributed by atoms with E-state index in [2.05, 4.69) is 0 Å². The molecule has 7 heteroatoms. The highest BCUT2D eigenvalue weighted by atomic mass is 35.5. The number of carboxylic acid groups (broad SMARTS) is 1. The number of ether oxygens (including phenoxy) is 1. The van der Waals surface area contributed by atoms with Gasteiger partial charge in [0.1, 0.15) is 5.56 Å². The number of hydrogen-bond acceptors (Lipinski definition) is 3. The number of carbonyl (C=O) groups is 2. The van der Waals surface area contributed by atoms with Crippen molar-refractivity contribution in [2.75, 3.05) is 6.61 Å². The van der Waals surface area contributed by atoms with Crippen LogP contribution < -0.4 is 4.74 Å². The maximum Gasteiger partial charge on any atom is 0.339 e. The zero-order chi connectivity index (χ0) is 22.4. The van der Waals surface area contributed by atoms with Crippen LogP contribution in [-0.4, -0.2) is 28.5 Å². The quantitative estimate of drug-likeness (QED) is 0.459. The smallest absolute Gasteiger partial charge is 0.339 e. The van der Waals surface area contributed by atoms with Crippen molar-refractivity contribution in [3.63, 3.8) is 0 Å². The lowest BCUT2D eigenvalue weighted by atomic mass is 10.1. The monoisotopic (exact) mass is 457 g/mol. The van der Waals surface area contributed by atoms with Gasteiger partial charge in [0.05, 0.1) is 11.1 Å². The van der Waals surface area contributed by atoms with Gasteiger partial charge in [-0.1, -0.05) is 71.7 Å². The van der Waals surface area contributed by atoms with Gasteiger partial charge in [0.2, 0.25) is 0 Å². The second kappa shape index (κ2) is 10.3. The van der Waals surface area contributed by atoms with Gasteiger partial charge in [-0.05, 0) is 42.3 Å². The fraction of sp³-hybridized carbons (Fsp3) is 0.167. The van der Waals surface area contributed by atoms with Crippen molar-refractivity contribution in [1.82, 2.24) is 4.90 Å². The molecule has 0 saturated carbocycles. The minimum absolute atomic E-state index is 0.0277. The van der Waals surface area contributed by atoms with Crippen LogP contribution in [0.15, 0.2) is 72.8 Å². The second-order valence-electron chi connectivity index (χ2n) is 6.95. The summed E-state index contributed by atoms with van der Waals surface area (Å²) < 4.78 is 5.59. The van der Waals surface area contributed by atoms with E-state index in [9.17, 15) is 14.7 Å². The molecule has 3 aromatic carbocycles. The van der Waals surface area contributed by atoms with Crippen LogP contribution in [0.3, 0.4) is 0 Å². The molecule has 0 aliphatic carbocycles. The third-order valence-electron chi connectivity index (χ3n) is 4.85. The Labute approximate surface area is 190 Å². The Morgan fingerprint density at radius 3 is 2.39 bits per heavy atom. The highest BCUT2D eigenvalue weighted by Gasteiger charge is 2.24. The molecule has 3 aromatic rings. The van der Waals surface area contributed by atoms with Gasteiger partial charge in [0.25, 0.3) is 5.91 Å². The third kappa shape index (κ3) is 5.78. The van der Waals surface area contributed by atoms with E-state index in [1.807, 2.05) is 49.4 Å². The molecule has 0 fully saturated rings. The molecule has 1 N–H and O–H groups in total. The van der Waals surface area contributed by atoms with E-state index in [1.165, 1.54) is 18.2 Å². The van der Waals surface area contributed by atoms with Crippen LogP contribution in [0, 0.1) is 0 Å². The Hall–Kier alpha value is -3.02. The Morgan fingerprint density at radius 2 is 1.71 bits per heavy atom. The fourth-order valence-electron chi connectivity index (χ4n) is 3.23. The Bertz CT molecular complexity index is 1070. The maximum atomic E-state index is 13.2. The standard InChI is InChI=1S/C24H21Cl2NO4/c1-16(18-8-3-2-4-9-18)27(14-17-7-5-10-19(25)13-17)22(28)15-31-23-20(24(29)30)11-6-12-21(23)26/h2-13,16H,14-15H2,1H3,(H,29,30)/t16-/m1/s1. The summed E-state index contributed by atoms with van der Waals surface area (Å²) in [6.45, 7) is 1.88. The number of halogens is 2. The molecule has 0 radical (unpaired) electrons. The molecular formula is C24H21Cl2NO4. The SMILES string of the molecule is C[C@H](c1ccccc1)N(Cc1cccc(Cl)c1)C(=O)COc1c(Cl)cccc1C(=O)O. The maximum absolute atomic E-state index is 13.2. The normalized spacial score (nSPS) is 11.6. The van der Waals surface area contributed by atoms with E-state index in [4.69, 9.17) is 27.9 Å². The zero-order valence-electron chi connectivity index (χ0n) is 16.8. The van der Waals surface area contributed by atoms with Crippen LogP contribution >= 0.6 is 23.2 Å². The summed E-state index contributed by atoms with van der Waals surface area (Å²) in [6.07, 6.45) is 0. The number of amides is 1. The van der Waals surface area contributed by atoms with Crippen molar-refractivity contribution in [1.29, 1.82) is 0 Å². The van der Waals surface area contributed by atoms with Crippen molar-refractivity contribution < 1.29 is 19.4 Å². The van der Waals surface area contributed by atoms with Gasteiger partial charge in [-0.2, -0.15) is 0 Å². The summed E-state index contributed by atoms with van der Waals surface area (Å²) in [4.78, 5) is 26.3. The molecule has 0 aromatic heterocycles. The molecular weight excluding hydrogens is 437 g/mol. The molecule has 0 aliphatic heterocycles. The molecule has 5 nitrogen and oxygen atoms in total. The molecule has 1 atom stereocenters. The van der Waals surface area contributed by atoms with E-state index in [-0.39, 0.29) is 34.9 Å². The van der Waals surface area contributed by atoms with Crippen molar-refractivity contribution in [2.45, 2.75) is 19.5 Å². The molecule has 0 heterocycles. The van der Waals surface area contributed by atoms with Crippen molar-refractivity contribution in [3.05, 3.63) is 99.5 Å². The summed E-state index contributed by atoms with van der Waals surface area (Å²) >= 11 is 12.2. The van der Waals surface area contributed by atoms with E-state index >= 15 is 0 Å². The Balaban J connectivity index is 1.85. The van der Waals surface area contributed by atoms with E-state index < -0.39 is 5.97 Å². The van der Waals surface area contributed by atoms with Crippen LogP contribution in [0.2, 0.25) is 10.0 Å². The largest absolute Gasteiger partial charge is 0.481 e. The molecule has 160 valence electrons. The predicted octanol–water partition coefficient (Wildman–Crippen LogP) is 5.86. The van der Waals surface area contributed by atoms with Crippen LogP contribution in [0.25, 0.3) is 0 Å². The number of carboxylic acids is 1. The molecule has 1 amide bonds. The molecule has 3 rings (SSSR count). The summed E-state index contributed by atoms with van der Waals surface area (Å²) in [5, 5.41) is 10.1. The number of rotatable bonds is 8. The first-order valence-electron chi connectivity index (χ1n) is 9.60. The highest BCUT2D eigenvalue weighted by molar-refractivity contribution is 6.32. The summed E-state index contributed by atoms with van der Waals surface area (Å²) in [5.41, 5.74) is 1.73. The number of aromatic carboxylic acids is 1. The van der Waals surface area contributed by atoms with E-state index in [0.29, 0.717) is 11.6 Å². The summed E-state index contributed by atoms with van der Waals surface area (Å²) in [7, 11) is 0. The second-order valence-corrected chi connectivity index (χ2v) is 7.79. The average molecular weight is 458 g/mol. The van der Waals surface area contributed by atoms with Gasteiger partial charge < -0.3 is 14.7 Å². The van der Waals surface area contributed by atoms with Gasteiger partial charge in [-0.3, -0.25) is 4.79 Å². The number of carbonyl (C=O) groups excluding carboxylic acids is 1. The molecule has 0 aliphatic rings. The van der Waals surface area contributed by atoms with Gasteiger partial charge in [-0.25, -0.2) is 4.79 Å². The molecule has 0 unspecified atom stereocenters. The first-order chi connectivity index (χ1) is 14.9. The average Bonchev–Trinajstić information content (AvgIpc) is 2.76. The topological polar surface area (TPSA) is 66.8 Å². The summed E-state index contributed by atoms with van der Waals surface area (Å²) in [5.74, 6) is -1.52. The van der Waals surface area contributed by atoms with Crippen LogP contribution in [-0.2, 0) is 11.3 Å². The Morgan fingerprint density at radius 1 is 1.00 bits per heavy atom. The molecule has 0 saturated heterocycles. The van der Waals surface area contributed by atoms with Crippen LogP contribution in [0.4, 0.5) is 0 Å². The fourth-order valence-corrected chi connectivity index (χ4v) is 3.67. The van der Waals surface area contributed by atoms with Crippen molar-refractivity contribution in [2.24, 2.45) is 0 Å². The van der Waals surface area contributed by atoms with E-state index in [0.717, 1.165) is 11.1 Å². The number of hydrogen-bond donors (Lipinski definition) is 1. The first-order valence-corrected chi connectivity index (χ1v) is 10.4. The minimum atomic E-state index is -1.18. The Kier molecular flexibility index (Phi) is 7.55. The third-order valence-corrected chi connectivity index (χ3v) is 5.38. The highest BCUT2D eigenvalue weighted by Crippen LogP contribution is 2.29. The van der Waals surface area contributed by atoms with Crippen molar-refractivity contribution in [3.8, 4) is 5.75 Å². The molecule has 0 bridgehead atoms. The lowest BCUT2D eigenvalue weighted by Crippen LogP contribution is -2.36. The molecule has 31 heavy (non-hydrogen) atoms. The summed E-state index contributed by atoms with van der Waals surface area (Å²) in [6, 6.07) is 21.1. The first kappa shape index (κ1) is 22.7. The van der Waals surface area contributed by atoms with E-state index in [1.54, 1.807) is 17.0 Å². The lowest BCUT2D eigenvalue weighted by molar-refractivity contribution is -0.136. The number of para-hydroxylation sites is 1. The predicted molar refractivity (Wildman–Crippen MR) is 121 cm³/mol. The molecule has 0 spiro atoms. The van der Waals surface area contributed by atoms with Gasteiger partial charge in [0, 0.05) is 11.6 Å². The van der Waals surface area contributed by atoms with Gasteiger partial charge in [-0.15, -0.1) is 0 Å². The number of benzene rings is 3. The van der Waals surface area contributed by atoms with Gasteiger partial charge in [0.15, 0.2) is 12.4 Å². The van der Waals surface area contributed by atoms with Crippen LogP contribution in [0.1, 0.15) is 34.5 Å². The number of nitrogens with zero attached hydrogens (tertiary/aromatic N) is 1. The van der Waals surface area contributed by atoms with Crippen molar-refractivity contribution >= 4 is 35.1 Å². The van der Waals surface area contributed by atoms with Gasteiger partial charge >= 0.3 is 5.97 Å². The zero-order valence-corrected chi connectivity index (χ0v) is 18.3.